The Morgan fingerprint density at radius 3 is 2.08 bits per heavy atom. The molecule has 0 fully saturated rings. The Labute approximate surface area is 159 Å². The van der Waals surface area contributed by atoms with Gasteiger partial charge in [0.05, 0.1) is 21.2 Å². The highest BCUT2D eigenvalue weighted by Crippen LogP contribution is 2.29. The van der Waals surface area contributed by atoms with E-state index in [2.05, 4.69) is 26.8 Å². The van der Waals surface area contributed by atoms with Crippen LogP contribution in [0.4, 0.5) is 5.69 Å². The molecule has 0 saturated carbocycles. The fourth-order valence-electron chi connectivity index (χ4n) is 1.98. The van der Waals surface area contributed by atoms with E-state index in [9.17, 15) is 23.1 Å². The highest BCUT2D eigenvalue weighted by molar-refractivity contribution is 14.1. The summed E-state index contributed by atoms with van der Waals surface area (Å²) in [4.78, 5) is 10.9. The quantitative estimate of drug-likeness (QED) is 0.167. The predicted octanol–water partition coefficient (Wildman–Crippen LogP) is 2.40. The third-order valence-electron chi connectivity index (χ3n) is 3.42. The van der Waals surface area contributed by atoms with Crippen molar-refractivity contribution >= 4 is 38.7 Å². The second-order valence-corrected chi connectivity index (χ2v) is 7.38. The van der Waals surface area contributed by atoms with E-state index in [0.29, 0.717) is 5.69 Å². The minimum Gasteiger partial charge on any atom is -0.726 e. The SMILES string of the molecule is COS(=O)(=O)[O-].Cc1ccc(-c2c([N+](=O)[O-])cc(I)c(C)[n+]2C)cc1. The van der Waals surface area contributed by atoms with Gasteiger partial charge in [-0.25, -0.2) is 8.42 Å². The first-order chi connectivity index (χ1) is 11.5. The normalized spacial score (nSPS) is 10.8. The minimum atomic E-state index is -4.41. The summed E-state index contributed by atoms with van der Waals surface area (Å²) in [6.45, 7) is 3.96. The Morgan fingerprint density at radius 2 is 1.68 bits per heavy atom. The molecule has 10 heteroatoms. The van der Waals surface area contributed by atoms with Crippen molar-refractivity contribution in [2.75, 3.05) is 7.11 Å². The van der Waals surface area contributed by atoms with Gasteiger partial charge >= 0.3 is 5.69 Å². The van der Waals surface area contributed by atoms with Crippen LogP contribution >= 0.6 is 22.6 Å². The van der Waals surface area contributed by atoms with Gasteiger partial charge in [0.1, 0.15) is 7.05 Å². The van der Waals surface area contributed by atoms with Crippen LogP contribution in [0.5, 0.6) is 0 Å². The Balaban J connectivity index is 0.000000450. The molecule has 0 radical (unpaired) electrons. The van der Waals surface area contributed by atoms with E-state index >= 15 is 0 Å². The van der Waals surface area contributed by atoms with Crippen molar-refractivity contribution in [3.05, 3.63) is 55.3 Å². The predicted molar refractivity (Wildman–Crippen MR) is 98.6 cm³/mol. The second kappa shape index (κ2) is 8.65. The van der Waals surface area contributed by atoms with Crippen LogP contribution in [0.15, 0.2) is 30.3 Å². The minimum absolute atomic E-state index is 0.140. The van der Waals surface area contributed by atoms with E-state index in [1.165, 1.54) is 0 Å². The van der Waals surface area contributed by atoms with E-state index in [1.54, 1.807) is 6.07 Å². The first-order valence-electron chi connectivity index (χ1n) is 6.90. The second-order valence-electron chi connectivity index (χ2n) is 5.07. The zero-order valence-corrected chi connectivity index (χ0v) is 17.0. The highest BCUT2D eigenvalue weighted by Gasteiger charge is 2.28. The summed E-state index contributed by atoms with van der Waals surface area (Å²) in [6, 6.07) is 9.40. The number of aromatic nitrogens is 1. The number of benzene rings is 1. The Bertz CT molecular complexity index is 882. The summed E-state index contributed by atoms with van der Waals surface area (Å²) in [7, 11) is -1.74. The molecular formula is C15H17IN2O6S. The molecular weight excluding hydrogens is 463 g/mol. The molecule has 0 unspecified atom stereocenters. The fraction of sp³-hybridized carbons (Fsp3) is 0.267. The van der Waals surface area contributed by atoms with Gasteiger partial charge in [0.2, 0.25) is 10.4 Å². The van der Waals surface area contributed by atoms with Crippen molar-refractivity contribution in [3.8, 4) is 11.3 Å². The van der Waals surface area contributed by atoms with Gasteiger partial charge in [0.15, 0.2) is 5.69 Å². The average Bonchev–Trinajstić information content (AvgIpc) is 2.53. The Morgan fingerprint density at radius 1 is 1.20 bits per heavy atom. The van der Waals surface area contributed by atoms with Crippen LogP contribution in [0, 0.1) is 27.5 Å². The van der Waals surface area contributed by atoms with Crippen LogP contribution in [0.1, 0.15) is 11.3 Å². The molecule has 1 heterocycles. The van der Waals surface area contributed by atoms with Gasteiger partial charge in [-0.2, -0.15) is 4.57 Å². The largest absolute Gasteiger partial charge is 0.726 e. The molecule has 0 bridgehead atoms. The maximum absolute atomic E-state index is 11.3. The fourth-order valence-corrected chi connectivity index (χ4v) is 2.64. The number of rotatable bonds is 3. The first kappa shape index (κ1) is 21.4. The maximum atomic E-state index is 11.3. The van der Waals surface area contributed by atoms with E-state index in [4.69, 9.17) is 0 Å². The number of pyridine rings is 1. The van der Waals surface area contributed by atoms with E-state index in [0.717, 1.165) is 27.5 Å². The third kappa shape index (κ3) is 5.99. The maximum Gasteiger partial charge on any atom is 0.341 e. The topological polar surface area (TPSA) is 113 Å². The van der Waals surface area contributed by atoms with E-state index in [1.807, 2.05) is 49.7 Å². The number of nitrogens with zero attached hydrogens (tertiary/aromatic N) is 2. The van der Waals surface area contributed by atoms with Gasteiger partial charge in [-0.05, 0) is 41.6 Å². The molecule has 0 spiro atoms. The number of aryl methyl sites for hydroxylation is 1. The van der Waals surface area contributed by atoms with Gasteiger partial charge < -0.3 is 4.55 Å². The van der Waals surface area contributed by atoms with Gasteiger partial charge in [-0.1, -0.05) is 17.7 Å². The lowest BCUT2D eigenvalue weighted by Crippen LogP contribution is -2.36. The molecule has 136 valence electrons. The molecule has 0 N–H and O–H groups in total. The summed E-state index contributed by atoms with van der Waals surface area (Å²) < 4.78 is 33.8. The number of hydrogen-bond acceptors (Lipinski definition) is 6. The van der Waals surface area contributed by atoms with E-state index in [-0.39, 0.29) is 10.6 Å². The highest BCUT2D eigenvalue weighted by atomic mass is 127. The van der Waals surface area contributed by atoms with Gasteiger partial charge in [-0.3, -0.25) is 14.3 Å². The Hall–Kier alpha value is -1.63. The van der Waals surface area contributed by atoms with Crippen LogP contribution < -0.4 is 4.57 Å². The molecule has 0 aliphatic heterocycles. The molecule has 0 aliphatic carbocycles. The summed E-state index contributed by atoms with van der Waals surface area (Å²) in [5.41, 5.74) is 3.79. The van der Waals surface area contributed by atoms with Gasteiger partial charge in [-0.15, -0.1) is 0 Å². The van der Waals surface area contributed by atoms with Crippen molar-refractivity contribution in [3.63, 3.8) is 0 Å². The van der Waals surface area contributed by atoms with Crippen LogP contribution in [0.3, 0.4) is 0 Å². The van der Waals surface area contributed by atoms with Crippen molar-refractivity contribution in [2.24, 2.45) is 7.05 Å². The molecule has 0 amide bonds. The van der Waals surface area contributed by atoms with Crippen LogP contribution in [0.25, 0.3) is 11.3 Å². The number of hydrogen-bond donors (Lipinski definition) is 0. The monoisotopic (exact) mass is 480 g/mol. The number of nitro groups is 1. The van der Waals surface area contributed by atoms with Gasteiger partial charge in [0.25, 0.3) is 5.69 Å². The van der Waals surface area contributed by atoms with Crippen molar-refractivity contribution in [1.82, 2.24) is 0 Å². The lowest BCUT2D eigenvalue weighted by atomic mass is 10.1. The molecule has 1 aromatic heterocycles. The molecule has 0 saturated heterocycles. The first-order valence-corrected chi connectivity index (χ1v) is 9.31. The molecule has 0 atom stereocenters. The lowest BCUT2D eigenvalue weighted by Gasteiger charge is -2.06. The van der Waals surface area contributed by atoms with Crippen molar-refractivity contribution in [1.29, 1.82) is 0 Å². The molecule has 0 aliphatic rings. The molecule has 8 nitrogen and oxygen atoms in total. The summed E-state index contributed by atoms with van der Waals surface area (Å²) in [5.74, 6) is 0. The Kier molecular flexibility index (Phi) is 7.41. The van der Waals surface area contributed by atoms with Crippen molar-refractivity contribution < 1.29 is 26.6 Å². The summed E-state index contributed by atoms with van der Waals surface area (Å²) in [5, 5.41) is 11.3. The van der Waals surface area contributed by atoms with Crippen LogP contribution in [0.2, 0.25) is 0 Å². The zero-order valence-electron chi connectivity index (χ0n) is 14.0. The number of halogens is 1. The third-order valence-corrected chi connectivity index (χ3v) is 4.92. The van der Waals surface area contributed by atoms with E-state index < -0.39 is 10.4 Å². The van der Waals surface area contributed by atoms with Crippen LogP contribution in [-0.2, 0) is 21.6 Å². The smallest absolute Gasteiger partial charge is 0.341 e. The summed E-state index contributed by atoms with van der Waals surface area (Å²) in [6.07, 6.45) is 0. The zero-order chi connectivity index (χ0) is 19.4. The molecule has 2 rings (SSSR count). The van der Waals surface area contributed by atoms with Crippen molar-refractivity contribution in [2.45, 2.75) is 13.8 Å². The standard InChI is InChI=1S/C14H14IN2O2.CH4O4S/c1-9-4-6-11(7-5-9)14-13(17(18)19)8-12(15)10(2)16(14)3;1-5-6(2,3)4/h4-8H,1-3H3;1H3,(H,2,3,4)/q+1;/p-1. The molecule has 2 aromatic rings. The van der Waals surface area contributed by atoms with Crippen LogP contribution in [-0.4, -0.2) is 25.0 Å². The lowest BCUT2D eigenvalue weighted by molar-refractivity contribution is -0.669. The summed E-state index contributed by atoms with van der Waals surface area (Å²) >= 11 is 2.13. The average molecular weight is 480 g/mol. The molecule has 1 aromatic carbocycles. The van der Waals surface area contributed by atoms with Gasteiger partial charge in [0, 0.05) is 13.0 Å². The molecule has 25 heavy (non-hydrogen) atoms.